The Morgan fingerprint density at radius 3 is 2.61 bits per heavy atom. The molecular formula is C25H38N2O4. The molecule has 172 valence electrons. The Balaban J connectivity index is 1.40. The van der Waals surface area contributed by atoms with Crippen LogP contribution in [0.25, 0.3) is 0 Å². The third-order valence-corrected chi connectivity index (χ3v) is 9.04. The molecule has 0 heterocycles. The van der Waals surface area contributed by atoms with Crippen molar-refractivity contribution in [2.45, 2.75) is 71.3 Å². The van der Waals surface area contributed by atoms with Crippen molar-refractivity contribution in [3.63, 3.8) is 0 Å². The molecular weight excluding hydrogens is 392 g/mol. The number of likely N-dealkylation sites (N-methyl/N-ethyl adjacent to an activating group) is 1. The number of esters is 1. The van der Waals surface area contributed by atoms with E-state index in [2.05, 4.69) is 19.2 Å². The van der Waals surface area contributed by atoms with Gasteiger partial charge < -0.3 is 15.0 Å². The lowest BCUT2D eigenvalue weighted by Crippen LogP contribution is -2.52. The molecule has 4 aliphatic carbocycles. The Bertz CT molecular complexity index is 790. The molecule has 6 atom stereocenters. The predicted molar refractivity (Wildman–Crippen MR) is 118 cm³/mol. The van der Waals surface area contributed by atoms with Gasteiger partial charge in [-0.15, -0.1) is 0 Å². The average Bonchev–Trinajstić information content (AvgIpc) is 3.03. The number of ketones is 1. The Kier molecular flexibility index (Phi) is 6.06. The number of amides is 1. The van der Waals surface area contributed by atoms with Crippen LogP contribution in [0.5, 0.6) is 0 Å². The van der Waals surface area contributed by atoms with Crippen LogP contribution >= 0.6 is 0 Å². The molecule has 0 radical (unpaired) electrons. The van der Waals surface area contributed by atoms with Crippen molar-refractivity contribution in [1.29, 1.82) is 0 Å². The molecule has 1 amide bonds. The normalized spacial score (nSPS) is 39.3. The fourth-order valence-electron chi connectivity index (χ4n) is 7.42. The molecule has 0 spiro atoms. The number of carbonyl (C=O) groups is 3. The summed E-state index contributed by atoms with van der Waals surface area (Å²) in [6, 6.07) is 0. The summed E-state index contributed by atoms with van der Waals surface area (Å²) in [4.78, 5) is 38.1. The minimum Gasteiger partial charge on any atom is -0.460 e. The molecule has 0 aromatic rings. The molecule has 0 aromatic heterocycles. The van der Waals surface area contributed by atoms with Crippen LogP contribution in [-0.2, 0) is 19.1 Å². The molecule has 4 rings (SSSR count). The number of fused-ring (bicyclic) bond motifs is 5. The van der Waals surface area contributed by atoms with E-state index in [1.807, 2.05) is 20.2 Å². The summed E-state index contributed by atoms with van der Waals surface area (Å²) in [5.74, 6) is 1.67. The second-order valence-corrected chi connectivity index (χ2v) is 11.1. The van der Waals surface area contributed by atoms with Gasteiger partial charge in [-0.05, 0) is 88.3 Å². The summed E-state index contributed by atoms with van der Waals surface area (Å²) >= 11 is 0. The van der Waals surface area contributed by atoms with E-state index < -0.39 is 0 Å². The SMILES string of the molecule is CN(C)CC(=O)NCC(=O)O[C@H]1CC[C@H]2[C@@H]3CCC4=CC(=O)CC[C@]4(C)C3CC[C@]12C. The summed E-state index contributed by atoms with van der Waals surface area (Å²) in [5, 5.41) is 2.67. The van der Waals surface area contributed by atoms with Crippen LogP contribution in [0.2, 0.25) is 0 Å². The third-order valence-electron chi connectivity index (χ3n) is 9.04. The van der Waals surface area contributed by atoms with E-state index in [-0.39, 0.29) is 41.9 Å². The largest absolute Gasteiger partial charge is 0.460 e. The van der Waals surface area contributed by atoms with Crippen molar-refractivity contribution in [3.05, 3.63) is 11.6 Å². The smallest absolute Gasteiger partial charge is 0.325 e. The summed E-state index contributed by atoms with van der Waals surface area (Å²) in [6.07, 6.45) is 10.0. The number of carbonyl (C=O) groups excluding carboxylic acids is 3. The minimum atomic E-state index is -0.326. The molecule has 1 unspecified atom stereocenters. The minimum absolute atomic E-state index is 0.0204. The van der Waals surface area contributed by atoms with Crippen molar-refractivity contribution >= 4 is 17.7 Å². The van der Waals surface area contributed by atoms with E-state index in [4.69, 9.17) is 4.74 Å². The van der Waals surface area contributed by atoms with Gasteiger partial charge >= 0.3 is 5.97 Å². The second-order valence-electron chi connectivity index (χ2n) is 11.1. The topological polar surface area (TPSA) is 75.7 Å². The molecule has 0 saturated heterocycles. The van der Waals surface area contributed by atoms with E-state index >= 15 is 0 Å². The number of rotatable bonds is 5. The molecule has 3 saturated carbocycles. The zero-order valence-corrected chi connectivity index (χ0v) is 19.5. The maximum absolute atomic E-state index is 12.5. The number of hydrogen-bond donors (Lipinski definition) is 1. The van der Waals surface area contributed by atoms with Gasteiger partial charge in [-0.3, -0.25) is 14.4 Å². The zero-order chi connectivity index (χ0) is 22.4. The first-order valence-corrected chi connectivity index (χ1v) is 12.0. The van der Waals surface area contributed by atoms with E-state index in [1.165, 1.54) is 5.57 Å². The van der Waals surface area contributed by atoms with Gasteiger partial charge in [0, 0.05) is 11.8 Å². The third kappa shape index (κ3) is 4.08. The van der Waals surface area contributed by atoms with Gasteiger partial charge in [-0.1, -0.05) is 19.4 Å². The summed E-state index contributed by atoms with van der Waals surface area (Å²) < 4.78 is 5.94. The van der Waals surface area contributed by atoms with Gasteiger partial charge in [0.05, 0.1) is 6.54 Å². The van der Waals surface area contributed by atoms with Crippen molar-refractivity contribution in [3.8, 4) is 0 Å². The van der Waals surface area contributed by atoms with Crippen LogP contribution in [0.4, 0.5) is 0 Å². The van der Waals surface area contributed by atoms with Gasteiger partial charge in [0.2, 0.25) is 5.91 Å². The van der Waals surface area contributed by atoms with E-state index in [1.54, 1.807) is 4.90 Å². The van der Waals surface area contributed by atoms with Crippen LogP contribution in [0.15, 0.2) is 11.6 Å². The maximum Gasteiger partial charge on any atom is 0.325 e. The molecule has 0 bridgehead atoms. The monoisotopic (exact) mass is 430 g/mol. The Labute approximate surface area is 186 Å². The summed E-state index contributed by atoms with van der Waals surface area (Å²) in [7, 11) is 3.65. The molecule has 4 aliphatic rings. The van der Waals surface area contributed by atoms with E-state index in [9.17, 15) is 14.4 Å². The highest BCUT2D eigenvalue weighted by Crippen LogP contribution is 2.65. The van der Waals surface area contributed by atoms with Crippen LogP contribution in [0.1, 0.15) is 65.2 Å². The van der Waals surface area contributed by atoms with Crippen LogP contribution in [0, 0.1) is 28.6 Å². The number of ether oxygens (including phenoxy) is 1. The fourth-order valence-corrected chi connectivity index (χ4v) is 7.42. The van der Waals surface area contributed by atoms with Crippen molar-refractivity contribution in [2.24, 2.45) is 28.6 Å². The van der Waals surface area contributed by atoms with Crippen LogP contribution in [-0.4, -0.2) is 55.8 Å². The Morgan fingerprint density at radius 2 is 1.87 bits per heavy atom. The first-order chi connectivity index (χ1) is 14.6. The summed E-state index contributed by atoms with van der Waals surface area (Å²) in [5.41, 5.74) is 1.58. The standard InChI is InChI=1S/C25H38N2O4/c1-24-11-9-17(28)13-16(24)5-6-18-19-7-8-21(25(19,2)12-10-20(18)24)31-23(30)14-26-22(29)15-27(3)4/h13,18-21H,5-12,14-15H2,1-4H3,(H,26,29)/t18-,19-,20?,21-,24-,25-/m0/s1. The quantitative estimate of drug-likeness (QED) is 0.679. The summed E-state index contributed by atoms with van der Waals surface area (Å²) in [6.45, 7) is 4.92. The van der Waals surface area contributed by atoms with Crippen molar-refractivity contribution in [2.75, 3.05) is 27.2 Å². The first-order valence-electron chi connectivity index (χ1n) is 12.0. The molecule has 0 aliphatic heterocycles. The average molecular weight is 431 g/mol. The van der Waals surface area contributed by atoms with Crippen LogP contribution in [0.3, 0.4) is 0 Å². The highest BCUT2D eigenvalue weighted by Gasteiger charge is 2.59. The van der Waals surface area contributed by atoms with Gasteiger partial charge in [0.1, 0.15) is 12.6 Å². The lowest BCUT2D eigenvalue weighted by Gasteiger charge is -2.57. The van der Waals surface area contributed by atoms with Gasteiger partial charge in [0.15, 0.2) is 5.78 Å². The van der Waals surface area contributed by atoms with Gasteiger partial charge in [-0.25, -0.2) is 0 Å². The Morgan fingerprint density at radius 1 is 1.10 bits per heavy atom. The first kappa shape index (κ1) is 22.5. The second kappa shape index (κ2) is 8.34. The number of hydrogen-bond acceptors (Lipinski definition) is 5. The molecule has 6 heteroatoms. The van der Waals surface area contributed by atoms with Crippen molar-refractivity contribution in [1.82, 2.24) is 10.2 Å². The lowest BCUT2D eigenvalue weighted by molar-refractivity contribution is -0.159. The molecule has 0 aromatic carbocycles. The predicted octanol–water partition coefficient (Wildman–Crippen LogP) is 3.11. The molecule has 6 nitrogen and oxygen atoms in total. The number of nitrogens with zero attached hydrogens (tertiary/aromatic N) is 1. The fraction of sp³-hybridized carbons (Fsp3) is 0.800. The molecule has 3 fully saturated rings. The number of allylic oxidation sites excluding steroid dienone is 1. The molecule has 1 N–H and O–H groups in total. The maximum atomic E-state index is 12.5. The van der Waals surface area contributed by atoms with E-state index in [0.717, 1.165) is 44.9 Å². The van der Waals surface area contributed by atoms with Gasteiger partial charge in [0.25, 0.3) is 0 Å². The van der Waals surface area contributed by atoms with Crippen molar-refractivity contribution < 1.29 is 19.1 Å². The lowest BCUT2D eigenvalue weighted by atomic mass is 9.47. The number of nitrogens with one attached hydrogen (secondary N) is 1. The van der Waals surface area contributed by atoms with Crippen LogP contribution < -0.4 is 5.32 Å². The zero-order valence-electron chi connectivity index (χ0n) is 19.5. The highest BCUT2D eigenvalue weighted by molar-refractivity contribution is 5.91. The highest BCUT2D eigenvalue weighted by atomic mass is 16.5. The van der Waals surface area contributed by atoms with E-state index in [0.29, 0.717) is 30.0 Å². The Hall–Kier alpha value is -1.69. The molecule has 31 heavy (non-hydrogen) atoms. The van der Waals surface area contributed by atoms with Gasteiger partial charge in [-0.2, -0.15) is 0 Å².